The van der Waals surface area contributed by atoms with Crippen LogP contribution in [0.2, 0.25) is 5.02 Å². The minimum Gasteiger partial charge on any atom is -0.481 e. The Labute approximate surface area is 161 Å². The summed E-state index contributed by atoms with van der Waals surface area (Å²) in [5.41, 5.74) is 2.26. The molecule has 1 atom stereocenters. The Balaban J connectivity index is 1.91. The predicted octanol–water partition coefficient (Wildman–Crippen LogP) is 4.66. The van der Waals surface area contributed by atoms with Crippen molar-refractivity contribution in [1.29, 1.82) is 0 Å². The van der Waals surface area contributed by atoms with Crippen LogP contribution in [0.5, 0.6) is 5.75 Å². The molecule has 0 unspecified atom stereocenters. The van der Waals surface area contributed by atoms with Crippen LogP contribution in [-0.2, 0) is 11.3 Å². The highest BCUT2D eigenvalue weighted by molar-refractivity contribution is 6.30. The van der Waals surface area contributed by atoms with E-state index >= 15 is 0 Å². The largest absolute Gasteiger partial charge is 0.481 e. The summed E-state index contributed by atoms with van der Waals surface area (Å²) in [6.07, 6.45) is 0.0441. The molecular formula is C21H27ClN2O2. The Bertz CT molecular complexity index is 699. The van der Waals surface area contributed by atoms with Gasteiger partial charge in [0.1, 0.15) is 5.75 Å². The number of carbonyl (C=O) groups excluding carboxylic acids is 1. The normalized spacial score (nSPS) is 11.7. The standard InChI is InChI=1S/C21H27ClN2O2/c1-4-20(26-19-9-7-8-17(22)14-19)21(25)23-15-16-10-12-18(13-11-16)24(5-2)6-3/h7-14,20H,4-6,15H2,1-3H3,(H,23,25)/t20-/m1/s1. The lowest BCUT2D eigenvalue weighted by molar-refractivity contribution is -0.128. The molecule has 0 saturated heterocycles. The molecule has 0 aromatic heterocycles. The van der Waals surface area contributed by atoms with Gasteiger partial charge in [0.15, 0.2) is 6.10 Å². The van der Waals surface area contributed by atoms with Gasteiger partial charge in [0.2, 0.25) is 0 Å². The van der Waals surface area contributed by atoms with Crippen molar-refractivity contribution in [3.63, 3.8) is 0 Å². The van der Waals surface area contributed by atoms with Gasteiger partial charge in [0.05, 0.1) is 0 Å². The highest BCUT2D eigenvalue weighted by Gasteiger charge is 2.18. The lowest BCUT2D eigenvalue weighted by Crippen LogP contribution is -2.37. The number of hydrogen-bond donors (Lipinski definition) is 1. The Hall–Kier alpha value is -2.20. The Kier molecular flexibility index (Phi) is 7.79. The molecule has 2 rings (SSSR count). The monoisotopic (exact) mass is 374 g/mol. The first kappa shape index (κ1) is 20.1. The molecular weight excluding hydrogens is 348 g/mol. The van der Waals surface area contributed by atoms with E-state index < -0.39 is 6.10 Å². The summed E-state index contributed by atoms with van der Waals surface area (Å²) in [4.78, 5) is 14.7. The number of anilines is 1. The zero-order valence-corrected chi connectivity index (χ0v) is 16.4. The lowest BCUT2D eigenvalue weighted by atomic mass is 10.2. The number of benzene rings is 2. The van der Waals surface area contributed by atoms with E-state index in [1.165, 1.54) is 5.69 Å². The maximum absolute atomic E-state index is 12.4. The van der Waals surface area contributed by atoms with Gasteiger partial charge in [0, 0.05) is 30.3 Å². The molecule has 26 heavy (non-hydrogen) atoms. The van der Waals surface area contributed by atoms with Crippen molar-refractivity contribution in [3.05, 3.63) is 59.1 Å². The molecule has 2 aromatic rings. The molecule has 1 N–H and O–H groups in total. The Morgan fingerprint density at radius 1 is 1.12 bits per heavy atom. The Morgan fingerprint density at radius 2 is 1.81 bits per heavy atom. The van der Waals surface area contributed by atoms with Crippen LogP contribution in [0.4, 0.5) is 5.69 Å². The van der Waals surface area contributed by atoms with Crippen molar-refractivity contribution < 1.29 is 9.53 Å². The summed E-state index contributed by atoms with van der Waals surface area (Å²) in [6, 6.07) is 15.4. The summed E-state index contributed by atoms with van der Waals surface area (Å²) < 4.78 is 5.77. The first-order chi connectivity index (χ1) is 12.6. The zero-order valence-electron chi connectivity index (χ0n) is 15.7. The van der Waals surface area contributed by atoms with Gasteiger partial charge in [-0.3, -0.25) is 4.79 Å². The van der Waals surface area contributed by atoms with Crippen LogP contribution >= 0.6 is 11.6 Å². The lowest BCUT2D eigenvalue weighted by Gasteiger charge is -2.21. The topological polar surface area (TPSA) is 41.6 Å². The molecule has 0 fully saturated rings. The molecule has 0 bridgehead atoms. The van der Waals surface area contributed by atoms with Crippen LogP contribution < -0.4 is 15.0 Å². The molecule has 0 radical (unpaired) electrons. The molecule has 0 heterocycles. The van der Waals surface area contributed by atoms with E-state index in [1.54, 1.807) is 24.3 Å². The molecule has 0 aliphatic rings. The second-order valence-corrected chi connectivity index (χ2v) is 6.47. The van der Waals surface area contributed by atoms with E-state index in [4.69, 9.17) is 16.3 Å². The maximum Gasteiger partial charge on any atom is 0.261 e. The van der Waals surface area contributed by atoms with Crippen LogP contribution in [0.15, 0.2) is 48.5 Å². The SMILES string of the molecule is CC[C@@H](Oc1cccc(Cl)c1)C(=O)NCc1ccc(N(CC)CC)cc1. The van der Waals surface area contributed by atoms with E-state index in [1.807, 2.05) is 19.1 Å². The van der Waals surface area contributed by atoms with Crippen molar-refractivity contribution in [3.8, 4) is 5.75 Å². The van der Waals surface area contributed by atoms with Gasteiger partial charge in [-0.15, -0.1) is 0 Å². The number of carbonyl (C=O) groups is 1. The van der Waals surface area contributed by atoms with Gasteiger partial charge in [0.25, 0.3) is 5.91 Å². The number of ether oxygens (including phenoxy) is 1. The smallest absolute Gasteiger partial charge is 0.261 e. The second-order valence-electron chi connectivity index (χ2n) is 6.03. The van der Waals surface area contributed by atoms with E-state index in [2.05, 4.69) is 36.2 Å². The Morgan fingerprint density at radius 3 is 2.38 bits per heavy atom. The third-order valence-electron chi connectivity index (χ3n) is 4.27. The number of rotatable bonds is 9. The summed E-state index contributed by atoms with van der Waals surface area (Å²) in [6.45, 7) is 8.64. The second kappa shape index (κ2) is 10.1. The molecule has 140 valence electrons. The van der Waals surface area contributed by atoms with Crippen molar-refractivity contribution >= 4 is 23.2 Å². The number of amides is 1. The molecule has 4 nitrogen and oxygen atoms in total. The fourth-order valence-corrected chi connectivity index (χ4v) is 2.92. The van der Waals surface area contributed by atoms with Gasteiger partial charge in [-0.05, 0) is 56.2 Å². The number of nitrogens with zero attached hydrogens (tertiary/aromatic N) is 1. The van der Waals surface area contributed by atoms with Gasteiger partial charge < -0.3 is 15.0 Å². The third-order valence-corrected chi connectivity index (χ3v) is 4.50. The van der Waals surface area contributed by atoms with Gasteiger partial charge in [-0.25, -0.2) is 0 Å². The van der Waals surface area contributed by atoms with E-state index in [0.29, 0.717) is 23.7 Å². The number of hydrogen-bond acceptors (Lipinski definition) is 3. The van der Waals surface area contributed by atoms with E-state index in [0.717, 1.165) is 18.7 Å². The van der Waals surface area contributed by atoms with Crippen LogP contribution in [0.3, 0.4) is 0 Å². The fourth-order valence-electron chi connectivity index (χ4n) is 2.74. The zero-order chi connectivity index (χ0) is 18.9. The molecule has 0 aliphatic heterocycles. The van der Waals surface area contributed by atoms with Gasteiger partial charge >= 0.3 is 0 Å². The molecule has 0 spiro atoms. The molecule has 0 saturated carbocycles. The molecule has 1 amide bonds. The third kappa shape index (κ3) is 5.67. The number of nitrogens with one attached hydrogen (secondary N) is 1. The average Bonchev–Trinajstić information content (AvgIpc) is 2.66. The maximum atomic E-state index is 12.4. The first-order valence-electron chi connectivity index (χ1n) is 9.11. The highest BCUT2D eigenvalue weighted by Crippen LogP contribution is 2.19. The number of halogens is 1. The molecule has 0 aliphatic carbocycles. The average molecular weight is 375 g/mol. The summed E-state index contributed by atoms with van der Waals surface area (Å²) in [7, 11) is 0. The van der Waals surface area contributed by atoms with Crippen LogP contribution in [0.1, 0.15) is 32.8 Å². The van der Waals surface area contributed by atoms with Crippen LogP contribution in [0, 0.1) is 0 Å². The summed E-state index contributed by atoms with van der Waals surface area (Å²) >= 11 is 5.96. The van der Waals surface area contributed by atoms with Crippen molar-refractivity contribution in [2.24, 2.45) is 0 Å². The van der Waals surface area contributed by atoms with Crippen LogP contribution in [0.25, 0.3) is 0 Å². The quantitative estimate of drug-likeness (QED) is 0.694. The first-order valence-corrected chi connectivity index (χ1v) is 9.49. The van der Waals surface area contributed by atoms with Gasteiger partial charge in [-0.2, -0.15) is 0 Å². The van der Waals surface area contributed by atoms with E-state index in [-0.39, 0.29) is 5.91 Å². The minimum absolute atomic E-state index is 0.125. The summed E-state index contributed by atoms with van der Waals surface area (Å²) in [5, 5.41) is 3.54. The van der Waals surface area contributed by atoms with Crippen molar-refractivity contribution in [2.75, 3.05) is 18.0 Å². The van der Waals surface area contributed by atoms with Crippen molar-refractivity contribution in [2.45, 2.75) is 39.8 Å². The van der Waals surface area contributed by atoms with E-state index in [9.17, 15) is 4.79 Å². The molecule has 5 heteroatoms. The molecule has 2 aromatic carbocycles. The highest BCUT2D eigenvalue weighted by atomic mass is 35.5. The van der Waals surface area contributed by atoms with Gasteiger partial charge in [-0.1, -0.05) is 36.7 Å². The van der Waals surface area contributed by atoms with Crippen LogP contribution in [-0.4, -0.2) is 25.1 Å². The van der Waals surface area contributed by atoms with Crippen molar-refractivity contribution in [1.82, 2.24) is 5.32 Å². The predicted molar refractivity (Wildman–Crippen MR) is 108 cm³/mol. The summed E-state index contributed by atoms with van der Waals surface area (Å²) in [5.74, 6) is 0.475. The minimum atomic E-state index is -0.539. The fraction of sp³-hybridized carbons (Fsp3) is 0.381.